The van der Waals surface area contributed by atoms with Gasteiger partial charge in [-0.1, -0.05) is 36.4 Å². The number of hydrogen-bond acceptors (Lipinski definition) is 3. The molecule has 0 spiro atoms. The summed E-state index contributed by atoms with van der Waals surface area (Å²) in [5.74, 6) is 0.525. The van der Waals surface area contributed by atoms with Crippen LogP contribution >= 0.6 is 0 Å². The number of rotatable bonds is 10. The van der Waals surface area contributed by atoms with Crippen LogP contribution < -0.4 is 5.32 Å². The van der Waals surface area contributed by atoms with Crippen molar-refractivity contribution in [2.75, 3.05) is 33.9 Å². The minimum Gasteiger partial charge on any atom is -0.379 e. The van der Waals surface area contributed by atoms with Crippen LogP contribution in [-0.2, 0) is 29.2 Å². The Morgan fingerprint density at radius 1 is 1.04 bits per heavy atom. The minimum absolute atomic E-state index is 0.228. The van der Waals surface area contributed by atoms with Crippen LogP contribution in [0.25, 0.3) is 0 Å². The van der Waals surface area contributed by atoms with Crippen molar-refractivity contribution in [1.82, 2.24) is 10.2 Å². The predicted octanol–water partition coefficient (Wildman–Crippen LogP) is 3.59. The largest absolute Gasteiger partial charge is 0.379 e. The van der Waals surface area contributed by atoms with E-state index in [1.54, 1.807) is 19.2 Å². The Morgan fingerprint density at radius 3 is 2.50 bits per heavy atom. The van der Waals surface area contributed by atoms with Gasteiger partial charge in [-0.3, -0.25) is 4.99 Å². The topological polar surface area (TPSA) is 46.1 Å². The maximum Gasteiger partial charge on any atom is 0.193 e. The molecule has 152 valence electrons. The van der Waals surface area contributed by atoms with Gasteiger partial charge in [-0.05, 0) is 35.7 Å². The monoisotopic (exact) mass is 387 g/mol. The molecule has 0 radical (unpaired) electrons. The lowest BCUT2D eigenvalue weighted by atomic mass is 10.1. The summed E-state index contributed by atoms with van der Waals surface area (Å²) in [6.07, 6.45) is 0. The molecule has 28 heavy (non-hydrogen) atoms. The zero-order chi connectivity index (χ0) is 20.2. The Morgan fingerprint density at radius 2 is 1.75 bits per heavy atom. The first-order valence-corrected chi connectivity index (χ1v) is 9.52. The zero-order valence-electron chi connectivity index (χ0n) is 17.0. The molecule has 5 nitrogen and oxygen atoms in total. The third kappa shape index (κ3) is 7.66. The fourth-order valence-corrected chi connectivity index (χ4v) is 2.83. The summed E-state index contributed by atoms with van der Waals surface area (Å²) < 4.78 is 24.3. The maximum atomic E-state index is 13.4. The third-order valence-electron chi connectivity index (χ3n) is 4.17. The number of nitrogens with zero attached hydrogens (tertiary/aromatic N) is 2. The molecule has 0 aliphatic heterocycles. The van der Waals surface area contributed by atoms with Crippen LogP contribution in [0.2, 0.25) is 0 Å². The van der Waals surface area contributed by atoms with Gasteiger partial charge in [0.15, 0.2) is 5.96 Å². The highest BCUT2D eigenvalue weighted by Crippen LogP contribution is 2.09. The Labute approximate surface area is 167 Å². The maximum absolute atomic E-state index is 13.4. The van der Waals surface area contributed by atoms with Crippen molar-refractivity contribution < 1.29 is 13.9 Å². The van der Waals surface area contributed by atoms with E-state index in [0.29, 0.717) is 39.5 Å². The van der Waals surface area contributed by atoms with Crippen molar-refractivity contribution in [3.05, 3.63) is 71.0 Å². The lowest BCUT2D eigenvalue weighted by Gasteiger charge is -2.22. The van der Waals surface area contributed by atoms with Crippen molar-refractivity contribution in [2.45, 2.75) is 26.6 Å². The molecule has 0 aliphatic rings. The van der Waals surface area contributed by atoms with Gasteiger partial charge >= 0.3 is 0 Å². The molecule has 0 fully saturated rings. The average Bonchev–Trinajstić information content (AvgIpc) is 2.69. The number of halogens is 1. The van der Waals surface area contributed by atoms with E-state index in [1.165, 1.54) is 6.07 Å². The van der Waals surface area contributed by atoms with Crippen molar-refractivity contribution >= 4 is 5.96 Å². The van der Waals surface area contributed by atoms with E-state index in [-0.39, 0.29) is 5.82 Å². The van der Waals surface area contributed by atoms with E-state index in [1.807, 2.05) is 31.0 Å². The van der Waals surface area contributed by atoms with Gasteiger partial charge in [0.05, 0.1) is 19.8 Å². The molecule has 0 saturated heterocycles. The summed E-state index contributed by atoms with van der Waals surface area (Å²) in [4.78, 5) is 6.29. The second-order valence-corrected chi connectivity index (χ2v) is 6.46. The summed E-state index contributed by atoms with van der Waals surface area (Å²) in [7, 11) is 3.68. The molecule has 6 heteroatoms. The van der Waals surface area contributed by atoms with Crippen LogP contribution in [0.1, 0.15) is 23.6 Å². The van der Waals surface area contributed by atoms with Crippen LogP contribution in [0, 0.1) is 5.82 Å². The number of aliphatic imine (C=N–C) groups is 1. The predicted molar refractivity (Wildman–Crippen MR) is 111 cm³/mol. The minimum atomic E-state index is -0.228. The summed E-state index contributed by atoms with van der Waals surface area (Å²) in [6, 6.07) is 14.9. The SMILES string of the molecule is CCOCCOCc1cccc(CNC(=NC)N(C)Cc2cccc(F)c2)c1. The van der Waals surface area contributed by atoms with E-state index in [9.17, 15) is 4.39 Å². The number of nitrogens with one attached hydrogen (secondary N) is 1. The van der Waals surface area contributed by atoms with E-state index < -0.39 is 0 Å². The number of benzene rings is 2. The fraction of sp³-hybridized carbons (Fsp3) is 0.409. The van der Waals surface area contributed by atoms with E-state index in [2.05, 4.69) is 28.5 Å². The Bertz CT molecular complexity index is 752. The van der Waals surface area contributed by atoms with Crippen molar-refractivity contribution in [3.63, 3.8) is 0 Å². The van der Waals surface area contributed by atoms with Crippen LogP contribution in [0.3, 0.4) is 0 Å². The second-order valence-electron chi connectivity index (χ2n) is 6.46. The molecule has 0 unspecified atom stereocenters. The quantitative estimate of drug-likeness (QED) is 0.385. The fourth-order valence-electron chi connectivity index (χ4n) is 2.83. The molecule has 0 amide bonds. The summed E-state index contributed by atoms with van der Waals surface area (Å²) in [5.41, 5.74) is 3.17. The summed E-state index contributed by atoms with van der Waals surface area (Å²) in [6.45, 7) is 5.67. The molecule has 0 aliphatic carbocycles. The second kappa shape index (κ2) is 12.1. The molecule has 2 aromatic rings. The highest BCUT2D eigenvalue weighted by atomic mass is 19.1. The van der Waals surface area contributed by atoms with Gasteiger partial charge in [-0.2, -0.15) is 0 Å². The Hall–Kier alpha value is -2.44. The van der Waals surface area contributed by atoms with Gasteiger partial charge in [0.1, 0.15) is 5.82 Å². The lowest BCUT2D eigenvalue weighted by molar-refractivity contribution is 0.0453. The molecule has 2 aromatic carbocycles. The summed E-state index contributed by atoms with van der Waals surface area (Å²) in [5, 5.41) is 3.35. The van der Waals surface area contributed by atoms with Crippen LogP contribution in [0.4, 0.5) is 4.39 Å². The number of ether oxygens (including phenoxy) is 2. The molecule has 1 N–H and O–H groups in total. The Kier molecular flexibility index (Phi) is 9.45. The third-order valence-corrected chi connectivity index (χ3v) is 4.17. The molecular formula is C22H30FN3O2. The summed E-state index contributed by atoms with van der Waals surface area (Å²) >= 11 is 0. The van der Waals surface area contributed by atoms with Gasteiger partial charge in [0, 0.05) is 33.8 Å². The first-order valence-electron chi connectivity index (χ1n) is 9.52. The lowest BCUT2D eigenvalue weighted by Crippen LogP contribution is -2.38. The van der Waals surface area contributed by atoms with Crippen molar-refractivity contribution in [1.29, 1.82) is 0 Å². The standard InChI is InChI=1S/C22H30FN3O2/c1-4-27-11-12-28-17-20-9-5-7-18(13-20)15-25-22(24-2)26(3)16-19-8-6-10-21(23)14-19/h5-10,13-14H,4,11-12,15-17H2,1-3H3,(H,24,25). The number of hydrogen-bond donors (Lipinski definition) is 1. The highest BCUT2D eigenvalue weighted by molar-refractivity contribution is 5.79. The normalized spacial score (nSPS) is 11.5. The van der Waals surface area contributed by atoms with Crippen LogP contribution in [-0.4, -0.2) is 44.8 Å². The zero-order valence-corrected chi connectivity index (χ0v) is 17.0. The molecule has 0 atom stereocenters. The highest BCUT2D eigenvalue weighted by Gasteiger charge is 2.07. The molecular weight excluding hydrogens is 357 g/mol. The average molecular weight is 387 g/mol. The smallest absolute Gasteiger partial charge is 0.193 e. The van der Waals surface area contributed by atoms with Gasteiger partial charge < -0.3 is 19.7 Å². The van der Waals surface area contributed by atoms with E-state index >= 15 is 0 Å². The molecule has 0 heterocycles. The Balaban J connectivity index is 1.84. The molecule has 0 aromatic heterocycles. The van der Waals surface area contributed by atoms with Crippen LogP contribution in [0.5, 0.6) is 0 Å². The van der Waals surface area contributed by atoms with E-state index in [0.717, 1.165) is 22.6 Å². The van der Waals surface area contributed by atoms with Crippen molar-refractivity contribution in [3.8, 4) is 0 Å². The molecule has 2 rings (SSSR count). The van der Waals surface area contributed by atoms with Crippen molar-refractivity contribution in [2.24, 2.45) is 4.99 Å². The van der Waals surface area contributed by atoms with Gasteiger partial charge in [-0.15, -0.1) is 0 Å². The first-order chi connectivity index (χ1) is 13.6. The van der Waals surface area contributed by atoms with Gasteiger partial charge in [0.2, 0.25) is 0 Å². The number of guanidine groups is 1. The first kappa shape index (κ1) is 21.9. The molecule has 0 saturated carbocycles. The van der Waals surface area contributed by atoms with Crippen LogP contribution in [0.15, 0.2) is 53.5 Å². The van der Waals surface area contributed by atoms with E-state index in [4.69, 9.17) is 9.47 Å². The van der Waals surface area contributed by atoms with Gasteiger partial charge in [-0.25, -0.2) is 4.39 Å². The molecule has 0 bridgehead atoms. The van der Waals surface area contributed by atoms with Gasteiger partial charge in [0.25, 0.3) is 0 Å².